The minimum absolute atomic E-state index is 0.0451. The van der Waals surface area contributed by atoms with Crippen molar-refractivity contribution in [2.45, 2.75) is 38.0 Å². The van der Waals surface area contributed by atoms with Crippen molar-refractivity contribution in [1.82, 2.24) is 0 Å². The highest BCUT2D eigenvalue weighted by molar-refractivity contribution is 5.29. The SMILES string of the molecule is COc1ccc(C(OC2CCOCC2)C(C)N)cc1. The first-order valence-electron chi connectivity index (χ1n) is 6.83. The summed E-state index contributed by atoms with van der Waals surface area (Å²) in [6.07, 6.45) is 2.06. The second-order valence-corrected chi connectivity index (χ2v) is 5.00. The molecule has 0 aromatic heterocycles. The van der Waals surface area contributed by atoms with Gasteiger partial charge in [0, 0.05) is 19.3 Å². The molecular formula is C15H23NO3. The number of rotatable bonds is 5. The molecule has 0 spiro atoms. The van der Waals surface area contributed by atoms with Crippen molar-refractivity contribution in [2.24, 2.45) is 5.73 Å². The predicted molar refractivity (Wildman–Crippen MR) is 74.3 cm³/mol. The molecule has 2 rings (SSSR count). The van der Waals surface area contributed by atoms with Gasteiger partial charge in [-0.05, 0) is 37.5 Å². The summed E-state index contributed by atoms with van der Waals surface area (Å²) in [5.74, 6) is 0.846. The zero-order valence-electron chi connectivity index (χ0n) is 11.7. The van der Waals surface area contributed by atoms with Crippen molar-refractivity contribution in [1.29, 1.82) is 0 Å². The van der Waals surface area contributed by atoms with Gasteiger partial charge in [-0.1, -0.05) is 12.1 Å². The molecular weight excluding hydrogens is 242 g/mol. The molecule has 106 valence electrons. The van der Waals surface area contributed by atoms with E-state index in [9.17, 15) is 0 Å². The van der Waals surface area contributed by atoms with Crippen LogP contribution < -0.4 is 10.5 Å². The summed E-state index contributed by atoms with van der Waals surface area (Å²) in [6.45, 7) is 3.53. The second kappa shape index (κ2) is 6.89. The molecule has 1 fully saturated rings. The lowest BCUT2D eigenvalue weighted by Crippen LogP contribution is -2.33. The van der Waals surface area contributed by atoms with Crippen LogP contribution >= 0.6 is 0 Å². The molecule has 0 aliphatic carbocycles. The van der Waals surface area contributed by atoms with Crippen molar-refractivity contribution >= 4 is 0 Å². The van der Waals surface area contributed by atoms with Gasteiger partial charge < -0.3 is 19.9 Å². The lowest BCUT2D eigenvalue weighted by atomic mass is 10.0. The molecule has 0 saturated carbocycles. The molecule has 0 amide bonds. The van der Waals surface area contributed by atoms with Crippen LogP contribution in [0.25, 0.3) is 0 Å². The number of hydrogen-bond donors (Lipinski definition) is 1. The third-order valence-electron chi connectivity index (χ3n) is 3.43. The van der Waals surface area contributed by atoms with Crippen LogP contribution in [0.4, 0.5) is 0 Å². The standard InChI is InChI=1S/C15H23NO3/c1-11(16)15(19-14-7-9-18-10-8-14)12-3-5-13(17-2)6-4-12/h3-6,11,14-15H,7-10,16H2,1-2H3. The first kappa shape index (κ1) is 14.3. The molecule has 4 heteroatoms. The van der Waals surface area contributed by atoms with Gasteiger partial charge in [-0.15, -0.1) is 0 Å². The van der Waals surface area contributed by atoms with E-state index in [1.54, 1.807) is 7.11 Å². The lowest BCUT2D eigenvalue weighted by molar-refractivity contribution is -0.0758. The molecule has 1 aliphatic heterocycles. The Hall–Kier alpha value is -1.10. The second-order valence-electron chi connectivity index (χ2n) is 5.00. The van der Waals surface area contributed by atoms with Crippen LogP contribution in [0.1, 0.15) is 31.4 Å². The number of hydrogen-bond acceptors (Lipinski definition) is 4. The highest BCUT2D eigenvalue weighted by Crippen LogP contribution is 2.26. The van der Waals surface area contributed by atoms with E-state index in [1.807, 2.05) is 31.2 Å². The van der Waals surface area contributed by atoms with Gasteiger partial charge in [0.05, 0.1) is 19.3 Å². The van der Waals surface area contributed by atoms with Crippen molar-refractivity contribution < 1.29 is 14.2 Å². The maximum absolute atomic E-state index is 6.17. The minimum atomic E-state index is -0.0750. The van der Waals surface area contributed by atoms with Gasteiger partial charge in [0.25, 0.3) is 0 Å². The minimum Gasteiger partial charge on any atom is -0.497 e. The van der Waals surface area contributed by atoms with Gasteiger partial charge in [0.1, 0.15) is 5.75 Å². The fourth-order valence-electron chi connectivity index (χ4n) is 2.32. The van der Waals surface area contributed by atoms with Crippen molar-refractivity contribution in [3.8, 4) is 5.75 Å². The molecule has 1 aromatic rings. The molecule has 4 nitrogen and oxygen atoms in total. The number of benzene rings is 1. The van der Waals surface area contributed by atoms with E-state index in [0.29, 0.717) is 0 Å². The summed E-state index contributed by atoms with van der Waals surface area (Å²) in [7, 11) is 1.66. The molecule has 2 N–H and O–H groups in total. The first-order valence-corrected chi connectivity index (χ1v) is 6.83. The fourth-order valence-corrected chi connectivity index (χ4v) is 2.32. The third-order valence-corrected chi connectivity index (χ3v) is 3.43. The van der Waals surface area contributed by atoms with Crippen molar-refractivity contribution in [3.05, 3.63) is 29.8 Å². The number of ether oxygens (including phenoxy) is 3. The van der Waals surface area contributed by atoms with Crippen LogP contribution in [0, 0.1) is 0 Å². The van der Waals surface area contributed by atoms with Crippen molar-refractivity contribution in [3.63, 3.8) is 0 Å². The van der Waals surface area contributed by atoms with Crippen molar-refractivity contribution in [2.75, 3.05) is 20.3 Å². The molecule has 2 unspecified atom stereocenters. The molecule has 0 radical (unpaired) electrons. The lowest BCUT2D eigenvalue weighted by Gasteiger charge is -2.30. The molecule has 1 aliphatic rings. The fraction of sp³-hybridized carbons (Fsp3) is 0.600. The molecule has 19 heavy (non-hydrogen) atoms. The molecule has 1 heterocycles. The Bertz CT molecular complexity index is 371. The number of nitrogens with two attached hydrogens (primary N) is 1. The van der Waals surface area contributed by atoms with E-state index in [1.165, 1.54) is 0 Å². The Morgan fingerprint density at radius 1 is 1.21 bits per heavy atom. The van der Waals surface area contributed by atoms with Gasteiger partial charge >= 0.3 is 0 Å². The third kappa shape index (κ3) is 3.93. The molecule has 2 atom stereocenters. The van der Waals surface area contributed by atoms with E-state index < -0.39 is 0 Å². The summed E-state index contributed by atoms with van der Waals surface area (Å²) in [4.78, 5) is 0. The van der Waals surface area contributed by atoms with Gasteiger partial charge in [-0.2, -0.15) is 0 Å². The molecule has 0 bridgehead atoms. The Kier molecular flexibility index (Phi) is 5.19. The van der Waals surface area contributed by atoms with Crippen LogP contribution in [-0.4, -0.2) is 32.5 Å². The van der Waals surface area contributed by atoms with Crippen LogP contribution in [0.3, 0.4) is 0 Å². The summed E-state index contributed by atoms with van der Waals surface area (Å²) in [6, 6.07) is 7.88. The van der Waals surface area contributed by atoms with Gasteiger partial charge in [0.15, 0.2) is 0 Å². The van der Waals surface area contributed by atoms with Gasteiger partial charge in [0.2, 0.25) is 0 Å². The Morgan fingerprint density at radius 2 is 1.84 bits per heavy atom. The van der Waals surface area contributed by atoms with Crippen LogP contribution in [0.2, 0.25) is 0 Å². The first-order chi connectivity index (χ1) is 9.20. The quantitative estimate of drug-likeness (QED) is 0.887. The topological polar surface area (TPSA) is 53.7 Å². The van der Waals surface area contributed by atoms with E-state index in [4.69, 9.17) is 19.9 Å². The van der Waals surface area contributed by atoms with E-state index in [-0.39, 0.29) is 18.2 Å². The van der Waals surface area contributed by atoms with Crippen LogP contribution in [0.5, 0.6) is 5.75 Å². The highest BCUT2D eigenvalue weighted by Gasteiger charge is 2.23. The summed E-state index contributed by atoms with van der Waals surface area (Å²) < 4.78 is 16.7. The Balaban J connectivity index is 2.05. The Morgan fingerprint density at radius 3 is 2.37 bits per heavy atom. The average Bonchev–Trinajstić information content (AvgIpc) is 2.46. The van der Waals surface area contributed by atoms with E-state index in [0.717, 1.165) is 37.4 Å². The van der Waals surface area contributed by atoms with Crippen LogP contribution in [-0.2, 0) is 9.47 Å². The monoisotopic (exact) mass is 265 g/mol. The largest absolute Gasteiger partial charge is 0.497 e. The summed E-state index contributed by atoms with van der Waals surface area (Å²) >= 11 is 0. The summed E-state index contributed by atoms with van der Waals surface area (Å²) in [5, 5.41) is 0. The normalized spacial score (nSPS) is 19.9. The van der Waals surface area contributed by atoms with Crippen LogP contribution in [0.15, 0.2) is 24.3 Å². The van der Waals surface area contributed by atoms with E-state index in [2.05, 4.69) is 0 Å². The zero-order valence-corrected chi connectivity index (χ0v) is 11.7. The molecule has 1 aromatic carbocycles. The maximum Gasteiger partial charge on any atom is 0.118 e. The van der Waals surface area contributed by atoms with Gasteiger partial charge in [-0.25, -0.2) is 0 Å². The number of methoxy groups -OCH3 is 1. The zero-order chi connectivity index (χ0) is 13.7. The average molecular weight is 265 g/mol. The highest BCUT2D eigenvalue weighted by atomic mass is 16.5. The molecule has 1 saturated heterocycles. The smallest absolute Gasteiger partial charge is 0.118 e. The predicted octanol–water partition coefficient (Wildman–Crippen LogP) is 2.28. The Labute approximate surface area is 114 Å². The van der Waals surface area contributed by atoms with Gasteiger partial charge in [-0.3, -0.25) is 0 Å². The summed E-state index contributed by atoms with van der Waals surface area (Å²) in [5.41, 5.74) is 7.17. The van der Waals surface area contributed by atoms with E-state index >= 15 is 0 Å². The maximum atomic E-state index is 6.17.